The maximum atomic E-state index is 11.1. The van der Waals surface area contributed by atoms with E-state index in [-0.39, 0.29) is 5.75 Å². The maximum absolute atomic E-state index is 11.1. The largest absolute Gasteiger partial charge is 0.498 e. The smallest absolute Gasteiger partial charge is 0.266 e. The lowest BCUT2D eigenvalue weighted by Gasteiger charge is -2.04. The van der Waals surface area contributed by atoms with E-state index < -0.39 is 10.1 Å². The molecule has 0 radical (unpaired) electrons. The van der Waals surface area contributed by atoms with Crippen molar-refractivity contribution >= 4 is 48.5 Å². The molecule has 1 aromatic heterocycles. The average Bonchev–Trinajstić information content (AvgIpc) is 2.98. The van der Waals surface area contributed by atoms with Gasteiger partial charge in [0.05, 0.1) is 23.8 Å². The molecule has 3 rings (SSSR count). The Morgan fingerprint density at radius 3 is 2.70 bits per heavy atom. The van der Waals surface area contributed by atoms with Gasteiger partial charge in [-0.25, -0.2) is 0 Å². The molecule has 27 heavy (non-hydrogen) atoms. The number of benzene rings is 2. The van der Waals surface area contributed by atoms with E-state index in [0.717, 1.165) is 38.2 Å². The highest BCUT2D eigenvalue weighted by Gasteiger charge is 2.22. The summed E-state index contributed by atoms with van der Waals surface area (Å²) in [5.41, 5.74) is 1.09. The molecule has 0 unspecified atom stereocenters. The molecule has 0 aliphatic carbocycles. The minimum Gasteiger partial charge on any atom is -0.498 e. The van der Waals surface area contributed by atoms with Crippen molar-refractivity contribution in [2.24, 2.45) is 0 Å². The summed E-state index contributed by atoms with van der Waals surface area (Å²) in [4.78, 5) is 0. The third-order valence-corrected chi connectivity index (χ3v) is 6.26. The van der Waals surface area contributed by atoms with Crippen molar-refractivity contribution in [3.05, 3.63) is 47.2 Å². The predicted octanol–water partition coefficient (Wildman–Crippen LogP) is 4.41. The topological polar surface area (TPSA) is 67.5 Å². The van der Waals surface area contributed by atoms with Gasteiger partial charge in [0.15, 0.2) is 6.54 Å². The summed E-state index contributed by atoms with van der Waals surface area (Å²) >= 11 is 1.66. The molecule has 0 atom stereocenters. The summed E-state index contributed by atoms with van der Waals surface area (Å²) in [5.74, 6) is 0.647. The van der Waals surface area contributed by atoms with E-state index in [4.69, 9.17) is 9.29 Å². The Labute approximate surface area is 163 Å². The zero-order chi connectivity index (χ0) is 19.4. The van der Waals surface area contributed by atoms with Crippen LogP contribution in [0.15, 0.2) is 42.2 Å². The molecule has 1 heterocycles. The lowest BCUT2D eigenvalue weighted by Crippen LogP contribution is -2.36. The Morgan fingerprint density at radius 2 is 2.00 bits per heavy atom. The molecule has 1 N–H and O–H groups in total. The molecule has 0 aliphatic rings. The minimum absolute atomic E-state index is 0.253. The molecule has 3 aromatic rings. The highest BCUT2D eigenvalue weighted by atomic mass is 32.2. The molecule has 7 heteroatoms. The molecule has 0 amide bonds. The number of rotatable bonds is 8. The van der Waals surface area contributed by atoms with Crippen LogP contribution in [0.25, 0.3) is 27.1 Å². The van der Waals surface area contributed by atoms with E-state index >= 15 is 0 Å². The Hall–Kier alpha value is -1.96. The number of aryl methyl sites for hydroxylation is 1. The molecular formula is C20H24NO4S2+. The Morgan fingerprint density at radius 1 is 1.22 bits per heavy atom. The number of fused-ring (bicyclic) bond motifs is 3. The lowest BCUT2D eigenvalue weighted by atomic mass is 10.1. The van der Waals surface area contributed by atoms with Gasteiger partial charge in [-0.15, -0.1) is 0 Å². The second kappa shape index (κ2) is 8.37. The standard InChI is InChI=1S/C20H23NO4S2/c1-3-16(25-4-2)14-19-21(12-7-13-27(22,23)24)20-17-9-6-5-8-15(17)10-11-18(20)26-19/h5-6,8-11,14H,3-4,7,12-13H2,1-2H3/p+1. The number of nitrogens with zero attached hydrogens (tertiary/aromatic N) is 1. The molecule has 0 spiro atoms. The van der Waals surface area contributed by atoms with Crippen molar-refractivity contribution in [1.29, 1.82) is 0 Å². The molecule has 0 aliphatic heterocycles. The summed E-state index contributed by atoms with van der Waals surface area (Å²) in [5, 5.41) is 3.29. The minimum atomic E-state index is -3.97. The van der Waals surface area contributed by atoms with Gasteiger partial charge in [0.25, 0.3) is 15.1 Å². The van der Waals surface area contributed by atoms with Crippen LogP contribution in [-0.2, 0) is 21.4 Å². The first-order chi connectivity index (χ1) is 12.9. The third-order valence-electron chi connectivity index (χ3n) is 4.36. The van der Waals surface area contributed by atoms with Crippen molar-refractivity contribution < 1.29 is 22.3 Å². The van der Waals surface area contributed by atoms with E-state index in [1.54, 1.807) is 11.3 Å². The van der Waals surface area contributed by atoms with Gasteiger partial charge in [0.1, 0.15) is 10.5 Å². The maximum Gasteiger partial charge on any atom is 0.266 e. The van der Waals surface area contributed by atoms with Crippen LogP contribution in [0.3, 0.4) is 0 Å². The number of allylic oxidation sites excluding steroid dienone is 1. The quantitative estimate of drug-likeness (QED) is 0.342. The summed E-state index contributed by atoms with van der Waals surface area (Å²) in [6, 6.07) is 12.4. The van der Waals surface area contributed by atoms with Crippen LogP contribution in [0.2, 0.25) is 0 Å². The van der Waals surface area contributed by atoms with Gasteiger partial charge in [-0.3, -0.25) is 4.55 Å². The van der Waals surface area contributed by atoms with Crippen LogP contribution >= 0.6 is 11.3 Å². The number of hydrogen-bond donors (Lipinski definition) is 1. The van der Waals surface area contributed by atoms with E-state index in [2.05, 4.69) is 28.8 Å². The van der Waals surface area contributed by atoms with Crippen LogP contribution in [-0.4, -0.2) is 25.3 Å². The molecule has 0 fully saturated rings. The summed E-state index contributed by atoms with van der Waals surface area (Å²) < 4.78 is 40.4. The SMILES string of the molecule is CCOC(=Cc1sc2ccc3ccccc3c2[n+]1CCCS(=O)(=O)O)CC. The highest BCUT2D eigenvalue weighted by molar-refractivity contribution is 7.85. The molecule has 5 nitrogen and oxygen atoms in total. The fourth-order valence-electron chi connectivity index (χ4n) is 3.18. The van der Waals surface area contributed by atoms with Crippen molar-refractivity contribution in [3.63, 3.8) is 0 Å². The number of ether oxygens (including phenoxy) is 1. The molecule has 0 saturated heterocycles. The van der Waals surface area contributed by atoms with Gasteiger partial charge in [0, 0.05) is 12.8 Å². The third kappa shape index (κ3) is 4.66. The molecule has 0 saturated carbocycles. The van der Waals surface area contributed by atoms with Gasteiger partial charge in [-0.1, -0.05) is 42.5 Å². The Bertz CT molecular complexity index is 1080. The van der Waals surface area contributed by atoms with Crippen LogP contribution in [0.5, 0.6) is 0 Å². The van der Waals surface area contributed by atoms with E-state index in [9.17, 15) is 8.42 Å². The second-order valence-electron chi connectivity index (χ2n) is 6.26. The van der Waals surface area contributed by atoms with Gasteiger partial charge >= 0.3 is 0 Å². The van der Waals surface area contributed by atoms with E-state index in [1.807, 2.05) is 32.1 Å². The van der Waals surface area contributed by atoms with Crippen LogP contribution in [0.4, 0.5) is 0 Å². The monoisotopic (exact) mass is 406 g/mol. The Balaban J connectivity index is 2.15. The van der Waals surface area contributed by atoms with Crippen molar-refractivity contribution in [2.45, 2.75) is 33.2 Å². The lowest BCUT2D eigenvalue weighted by molar-refractivity contribution is -0.667. The zero-order valence-electron chi connectivity index (χ0n) is 15.5. The van der Waals surface area contributed by atoms with E-state index in [0.29, 0.717) is 19.6 Å². The van der Waals surface area contributed by atoms with Gasteiger partial charge in [-0.2, -0.15) is 13.0 Å². The summed E-state index contributed by atoms with van der Waals surface area (Å²) in [6.07, 6.45) is 3.17. The van der Waals surface area contributed by atoms with Gasteiger partial charge in [0.2, 0.25) is 5.52 Å². The Kier molecular flexibility index (Phi) is 6.14. The zero-order valence-corrected chi connectivity index (χ0v) is 17.1. The first kappa shape index (κ1) is 19.8. The predicted molar refractivity (Wildman–Crippen MR) is 110 cm³/mol. The molecule has 0 bridgehead atoms. The molecule has 144 valence electrons. The van der Waals surface area contributed by atoms with E-state index in [1.165, 1.54) is 0 Å². The normalized spacial score (nSPS) is 12.8. The van der Waals surface area contributed by atoms with Crippen LogP contribution in [0.1, 0.15) is 31.7 Å². The first-order valence-electron chi connectivity index (χ1n) is 9.05. The van der Waals surface area contributed by atoms with Crippen molar-refractivity contribution in [3.8, 4) is 0 Å². The summed E-state index contributed by atoms with van der Waals surface area (Å²) in [7, 11) is -3.97. The van der Waals surface area contributed by atoms with Gasteiger partial charge < -0.3 is 4.74 Å². The van der Waals surface area contributed by atoms with Crippen molar-refractivity contribution in [1.82, 2.24) is 0 Å². The number of thiazole rings is 1. The van der Waals surface area contributed by atoms with Crippen LogP contribution in [0, 0.1) is 0 Å². The van der Waals surface area contributed by atoms with Crippen LogP contribution < -0.4 is 4.57 Å². The number of hydrogen-bond acceptors (Lipinski definition) is 4. The average molecular weight is 407 g/mol. The second-order valence-corrected chi connectivity index (χ2v) is 8.90. The number of aromatic nitrogens is 1. The summed E-state index contributed by atoms with van der Waals surface area (Å²) in [6.45, 7) is 5.12. The molecule has 2 aromatic carbocycles. The van der Waals surface area contributed by atoms with Crippen molar-refractivity contribution in [2.75, 3.05) is 12.4 Å². The fraction of sp³-hybridized carbons (Fsp3) is 0.350. The van der Waals surface area contributed by atoms with Gasteiger partial charge in [-0.05, 0) is 24.4 Å². The fourth-order valence-corrected chi connectivity index (χ4v) is 4.83. The highest BCUT2D eigenvalue weighted by Crippen LogP contribution is 2.29. The first-order valence-corrected chi connectivity index (χ1v) is 11.5. The molecular weight excluding hydrogens is 382 g/mol.